The number of carbonyl (C=O) groups excluding carboxylic acids is 1. The minimum atomic E-state index is -1.63. The second kappa shape index (κ2) is 11.4. The van der Waals surface area contributed by atoms with Gasteiger partial charge in [-0.1, -0.05) is 32.1 Å². The van der Waals surface area contributed by atoms with Crippen molar-refractivity contribution in [2.45, 2.75) is 94.4 Å². The first kappa shape index (κ1) is 27.1. The number of hydrogen-bond acceptors (Lipinski definition) is 9. The molecule has 0 amide bonds. The lowest BCUT2D eigenvalue weighted by molar-refractivity contribution is -0.277. The molecule has 9 nitrogen and oxygen atoms in total. The van der Waals surface area contributed by atoms with E-state index in [9.17, 15) is 30.3 Å². The van der Waals surface area contributed by atoms with Gasteiger partial charge >= 0.3 is 0 Å². The number of aliphatic hydroxyl groups is 4. The zero-order chi connectivity index (χ0) is 27.0. The van der Waals surface area contributed by atoms with Crippen LogP contribution in [0.1, 0.15) is 79.6 Å². The first-order valence-electron chi connectivity index (χ1n) is 13.7. The maximum Gasteiger partial charge on any atom is 0.229 e. The molecule has 2 saturated carbocycles. The van der Waals surface area contributed by atoms with E-state index in [1.54, 1.807) is 6.07 Å². The number of rotatable bonds is 7. The van der Waals surface area contributed by atoms with Crippen molar-refractivity contribution in [1.82, 2.24) is 0 Å². The van der Waals surface area contributed by atoms with Crippen LogP contribution in [0.3, 0.4) is 0 Å². The van der Waals surface area contributed by atoms with E-state index < -0.39 is 37.3 Å². The van der Waals surface area contributed by atoms with E-state index in [2.05, 4.69) is 0 Å². The Morgan fingerprint density at radius 1 is 0.947 bits per heavy atom. The molecule has 0 radical (unpaired) electrons. The van der Waals surface area contributed by atoms with Crippen LogP contribution >= 0.6 is 0 Å². The molecule has 2 aliphatic carbocycles. The number of carbonyl (C=O) groups is 1. The third-order valence-electron chi connectivity index (χ3n) is 8.52. The molecule has 38 heavy (non-hydrogen) atoms. The number of ether oxygens (including phenoxy) is 3. The summed E-state index contributed by atoms with van der Waals surface area (Å²) in [6.45, 7) is -0.598. The summed E-state index contributed by atoms with van der Waals surface area (Å²) in [6.07, 6.45) is 1.38. The molecule has 0 bridgehead atoms. The summed E-state index contributed by atoms with van der Waals surface area (Å²) in [5.41, 5.74) is 1.20. The van der Waals surface area contributed by atoms with Crippen LogP contribution in [0.25, 0.3) is 10.8 Å². The monoisotopic (exact) mass is 530 g/mol. The lowest BCUT2D eigenvalue weighted by Gasteiger charge is -2.39. The number of aliphatic hydroxyl groups excluding tert-OH is 4. The van der Waals surface area contributed by atoms with Gasteiger partial charge in [0.1, 0.15) is 41.7 Å². The minimum Gasteiger partial charge on any atom is -0.506 e. The molecule has 9 heteroatoms. The van der Waals surface area contributed by atoms with Crippen LogP contribution in [0.2, 0.25) is 0 Å². The van der Waals surface area contributed by atoms with Crippen molar-refractivity contribution in [3.8, 4) is 17.2 Å². The SMILES string of the molecule is COc1cc(OC2OC(CO)C(O)C(O)C2O)c2c(O)c(C(=O)C3CCCCC3)c(C3CCCC3)cc2c1. The van der Waals surface area contributed by atoms with Crippen molar-refractivity contribution in [2.75, 3.05) is 13.7 Å². The van der Waals surface area contributed by atoms with Crippen LogP contribution in [-0.4, -0.2) is 75.7 Å². The highest BCUT2D eigenvalue weighted by atomic mass is 16.7. The molecule has 0 spiro atoms. The molecule has 1 aliphatic heterocycles. The minimum absolute atomic E-state index is 0.0411. The van der Waals surface area contributed by atoms with E-state index in [1.807, 2.05) is 6.07 Å². The van der Waals surface area contributed by atoms with Gasteiger partial charge in [-0.2, -0.15) is 0 Å². The number of Topliss-reactive ketones (excluding diaryl/α,β-unsaturated/α-hetero) is 1. The third-order valence-corrected chi connectivity index (χ3v) is 8.52. The van der Waals surface area contributed by atoms with Crippen molar-refractivity contribution in [1.29, 1.82) is 0 Å². The fourth-order valence-corrected chi connectivity index (χ4v) is 6.37. The fraction of sp³-hybridized carbons (Fsp3) is 0.621. The molecule has 2 aromatic rings. The van der Waals surface area contributed by atoms with Gasteiger partial charge in [-0.15, -0.1) is 0 Å². The highest BCUT2D eigenvalue weighted by Crippen LogP contribution is 2.47. The van der Waals surface area contributed by atoms with E-state index in [-0.39, 0.29) is 34.5 Å². The first-order chi connectivity index (χ1) is 18.3. The maximum absolute atomic E-state index is 13.9. The van der Waals surface area contributed by atoms with Gasteiger partial charge in [0.05, 0.1) is 24.7 Å². The topological polar surface area (TPSA) is 146 Å². The number of aromatic hydroxyl groups is 1. The normalized spacial score (nSPS) is 29.0. The summed E-state index contributed by atoms with van der Waals surface area (Å²) in [7, 11) is 1.50. The molecular formula is C29H38O9. The highest BCUT2D eigenvalue weighted by Gasteiger charge is 2.45. The quantitative estimate of drug-likeness (QED) is 0.341. The molecule has 3 fully saturated rings. The highest BCUT2D eigenvalue weighted by molar-refractivity contribution is 6.09. The number of methoxy groups -OCH3 is 1. The number of phenols is 1. The summed E-state index contributed by atoms with van der Waals surface area (Å²) < 4.78 is 17.0. The van der Waals surface area contributed by atoms with E-state index >= 15 is 0 Å². The van der Waals surface area contributed by atoms with Gasteiger partial charge < -0.3 is 39.7 Å². The molecule has 1 heterocycles. The predicted molar refractivity (Wildman–Crippen MR) is 139 cm³/mol. The zero-order valence-electron chi connectivity index (χ0n) is 21.7. The van der Waals surface area contributed by atoms with Crippen LogP contribution in [-0.2, 0) is 4.74 Å². The van der Waals surface area contributed by atoms with Crippen molar-refractivity contribution >= 4 is 16.6 Å². The van der Waals surface area contributed by atoms with Gasteiger partial charge in [0, 0.05) is 12.0 Å². The number of benzene rings is 2. The summed E-state index contributed by atoms with van der Waals surface area (Å²) in [5, 5.41) is 53.2. The molecule has 5 atom stereocenters. The van der Waals surface area contributed by atoms with Gasteiger partial charge in [0.2, 0.25) is 6.29 Å². The second-order valence-electron chi connectivity index (χ2n) is 10.9. The third kappa shape index (κ3) is 4.98. The van der Waals surface area contributed by atoms with Crippen LogP contribution in [0.5, 0.6) is 17.2 Å². The smallest absolute Gasteiger partial charge is 0.229 e. The summed E-state index contributed by atoms with van der Waals surface area (Å²) in [4.78, 5) is 13.9. The van der Waals surface area contributed by atoms with E-state index in [4.69, 9.17) is 14.2 Å². The molecule has 1 saturated heterocycles. The standard InChI is InChI=1S/C29H38O9/c1-36-18-11-17-12-19(15-7-5-6-8-15)23(24(31)16-9-3-2-4-10-16)26(33)22(17)20(13-18)37-29-28(35)27(34)25(32)21(14-30)38-29/h11-13,15-16,21,25,27-30,32-35H,2-10,14H2,1H3. The molecule has 5 rings (SSSR count). The number of hydrogen-bond donors (Lipinski definition) is 5. The molecule has 0 aromatic heterocycles. The lowest BCUT2D eigenvalue weighted by Crippen LogP contribution is -2.60. The van der Waals surface area contributed by atoms with Crippen LogP contribution in [0, 0.1) is 5.92 Å². The van der Waals surface area contributed by atoms with Gasteiger partial charge in [-0.25, -0.2) is 0 Å². The van der Waals surface area contributed by atoms with Crippen LogP contribution in [0.4, 0.5) is 0 Å². The molecule has 208 valence electrons. The Balaban J connectivity index is 1.63. The maximum atomic E-state index is 13.9. The Bertz CT molecular complexity index is 1150. The number of ketones is 1. The van der Waals surface area contributed by atoms with Crippen LogP contribution < -0.4 is 9.47 Å². The average Bonchev–Trinajstić information content (AvgIpc) is 3.48. The Morgan fingerprint density at radius 3 is 2.29 bits per heavy atom. The van der Waals surface area contributed by atoms with Crippen molar-refractivity contribution < 1.29 is 44.5 Å². The Morgan fingerprint density at radius 2 is 1.63 bits per heavy atom. The molecular weight excluding hydrogens is 492 g/mol. The summed E-state index contributed by atoms with van der Waals surface area (Å²) in [5.74, 6) is 0.356. The van der Waals surface area contributed by atoms with E-state index in [1.165, 1.54) is 13.2 Å². The fourth-order valence-electron chi connectivity index (χ4n) is 6.37. The lowest BCUT2D eigenvalue weighted by atomic mass is 9.79. The largest absolute Gasteiger partial charge is 0.506 e. The van der Waals surface area contributed by atoms with Gasteiger partial charge in [-0.3, -0.25) is 4.79 Å². The van der Waals surface area contributed by atoms with E-state index in [0.717, 1.165) is 63.4 Å². The Hall–Kier alpha value is -2.43. The van der Waals surface area contributed by atoms with Crippen molar-refractivity contribution in [3.05, 3.63) is 29.3 Å². The van der Waals surface area contributed by atoms with Gasteiger partial charge in [0.15, 0.2) is 5.78 Å². The van der Waals surface area contributed by atoms with Crippen LogP contribution in [0.15, 0.2) is 18.2 Å². The van der Waals surface area contributed by atoms with Gasteiger partial charge in [-0.05, 0) is 54.7 Å². The molecule has 2 aromatic carbocycles. The number of phenolic OH excluding ortho intramolecular Hbond substituents is 1. The molecule has 5 unspecified atom stereocenters. The summed E-state index contributed by atoms with van der Waals surface area (Å²) >= 11 is 0. The Kier molecular flexibility index (Phi) is 8.11. The zero-order valence-corrected chi connectivity index (χ0v) is 21.7. The first-order valence-corrected chi connectivity index (χ1v) is 13.7. The predicted octanol–water partition coefficient (Wildman–Crippen LogP) is 3.15. The van der Waals surface area contributed by atoms with Crippen molar-refractivity contribution in [2.24, 2.45) is 5.92 Å². The van der Waals surface area contributed by atoms with Crippen molar-refractivity contribution in [3.63, 3.8) is 0 Å². The van der Waals surface area contributed by atoms with Gasteiger partial charge in [0.25, 0.3) is 0 Å². The average molecular weight is 531 g/mol. The second-order valence-corrected chi connectivity index (χ2v) is 10.9. The van der Waals surface area contributed by atoms with E-state index in [0.29, 0.717) is 16.7 Å². The Labute approximate surface area is 222 Å². The molecule has 5 N–H and O–H groups in total. The summed E-state index contributed by atoms with van der Waals surface area (Å²) in [6, 6.07) is 5.24. The molecule has 3 aliphatic rings. The number of fused-ring (bicyclic) bond motifs is 1.